The molecule has 21 heavy (non-hydrogen) atoms. The van der Waals surface area contributed by atoms with Crippen LogP contribution in [0.1, 0.15) is 16.8 Å². The summed E-state index contributed by atoms with van der Waals surface area (Å²) in [5.74, 6) is -0.302. The lowest BCUT2D eigenvalue weighted by atomic mass is 10.2. The minimum absolute atomic E-state index is 0.302. The Morgan fingerprint density at radius 3 is 2.10 bits per heavy atom. The molecule has 0 atom stereocenters. The van der Waals surface area contributed by atoms with Crippen molar-refractivity contribution in [1.29, 1.82) is 0 Å². The third-order valence-electron chi connectivity index (χ3n) is 2.96. The minimum Gasteiger partial charge on any atom is -0.462 e. The van der Waals surface area contributed by atoms with Crippen molar-refractivity contribution in [3.8, 4) is 0 Å². The van der Waals surface area contributed by atoms with Crippen LogP contribution >= 0.6 is 45.2 Å². The van der Waals surface area contributed by atoms with Crippen LogP contribution in [0.25, 0.3) is 0 Å². The molecule has 0 spiro atoms. The second-order valence-electron chi connectivity index (χ2n) is 4.13. The lowest BCUT2D eigenvalue weighted by Gasteiger charge is -2.24. The molecule has 0 saturated heterocycles. The Labute approximate surface area is 153 Å². The number of rotatable bonds is 8. The molecule has 0 unspecified atom stereocenters. The molecule has 118 valence electrons. The highest BCUT2D eigenvalue weighted by Gasteiger charge is 2.37. The molecule has 0 saturated carbocycles. The molecule has 0 aromatic heterocycles. The molecule has 1 rings (SSSR count). The summed E-state index contributed by atoms with van der Waals surface area (Å²) >= 11 is 4.27. The van der Waals surface area contributed by atoms with Crippen LogP contribution in [0.4, 0.5) is 0 Å². The highest BCUT2D eigenvalue weighted by molar-refractivity contribution is 14.1. The van der Waals surface area contributed by atoms with E-state index in [4.69, 9.17) is 18.0 Å². The van der Waals surface area contributed by atoms with Crippen LogP contribution < -0.4 is 0 Å². The van der Waals surface area contributed by atoms with Gasteiger partial charge in [-0.25, -0.2) is 4.79 Å². The van der Waals surface area contributed by atoms with Crippen LogP contribution in [0.15, 0.2) is 18.2 Å². The number of carbonyl (C=O) groups excluding carboxylic acids is 1. The molecular weight excluding hydrogens is 518 g/mol. The number of benzene rings is 1. The van der Waals surface area contributed by atoms with Crippen LogP contribution in [0, 0.1) is 7.14 Å². The maximum atomic E-state index is 12.1. The van der Waals surface area contributed by atoms with Crippen molar-refractivity contribution in [2.45, 2.75) is 12.5 Å². The van der Waals surface area contributed by atoms with E-state index < -0.39 is 8.80 Å². The van der Waals surface area contributed by atoms with E-state index in [0.717, 1.165) is 7.14 Å². The van der Waals surface area contributed by atoms with Crippen LogP contribution in [0.3, 0.4) is 0 Å². The average molecular weight is 536 g/mol. The van der Waals surface area contributed by atoms with Gasteiger partial charge in [0.2, 0.25) is 0 Å². The van der Waals surface area contributed by atoms with Gasteiger partial charge < -0.3 is 18.0 Å². The highest BCUT2D eigenvalue weighted by atomic mass is 127. The molecule has 0 aliphatic carbocycles. The molecule has 0 aliphatic heterocycles. The van der Waals surface area contributed by atoms with E-state index in [9.17, 15) is 4.79 Å². The molecule has 0 aliphatic rings. The van der Waals surface area contributed by atoms with Gasteiger partial charge in [-0.05, 0) is 63.7 Å². The summed E-state index contributed by atoms with van der Waals surface area (Å²) in [6.45, 7) is 0.310. The molecule has 0 heterocycles. The molecule has 0 amide bonds. The molecule has 0 bridgehead atoms. The number of halogens is 2. The first-order valence-corrected chi connectivity index (χ1v) is 10.3. The monoisotopic (exact) mass is 536 g/mol. The van der Waals surface area contributed by atoms with E-state index in [1.165, 1.54) is 0 Å². The Hall–Kier alpha value is 0.247. The van der Waals surface area contributed by atoms with E-state index in [2.05, 4.69) is 45.2 Å². The highest BCUT2D eigenvalue weighted by Crippen LogP contribution is 2.20. The van der Waals surface area contributed by atoms with Gasteiger partial charge >= 0.3 is 14.8 Å². The Kier molecular flexibility index (Phi) is 8.64. The summed E-state index contributed by atoms with van der Waals surface area (Å²) in [4.78, 5) is 12.1. The number of hydrogen-bond donors (Lipinski definition) is 0. The minimum atomic E-state index is -2.58. The molecule has 8 heteroatoms. The van der Waals surface area contributed by atoms with E-state index in [-0.39, 0.29) is 5.97 Å². The standard InChI is InChI=1S/C13H18I2O5Si/c1-17-21(18-2,19-3)9-5-8-20-13(16)12-10(14)6-4-7-11(12)15/h4,6-7H,5,8-9H2,1-3H3. The second kappa shape index (κ2) is 9.40. The fraction of sp³-hybridized carbons (Fsp3) is 0.462. The predicted octanol–water partition coefficient (Wildman–Crippen LogP) is 3.32. The largest absolute Gasteiger partial charge is 0.500 e. The number of ether oxygens (including phenoxy) is 1. The van der Waals surface area contributed by atoms with Crippen molar-refractivity contribution in [2.24, 2.45) is 0 Å². The molecule has 1 aromatic carbocycles. The average Bonchev–Trinajstić information content (AvgIpc) is 2.48. The number of carbonyl (C=O) groups is 1. The predicted molar refractivity (Wildman–Crippen MR) is 98.4 cm³/mol. The first-order valence-electron chi connectivity index (χ1n) is 6.26. The van der Waals surface area contributed by atoms with Gasteiger partial charge in [0.15, 0.2) is 0 Å². The first kappa shape index (κ1) is 19.3. The zero-order chi connectivity index (χ0) is 15.9. The fourth-order valence-electron chi connectivity index (χ4n) is 1.77. The Morgan fingerprint density at radius 2 is 1.62 bits per heavy atom. The summed E-state index contributed by atoms with van der Waals surface area (Å²) in [6.07, 6.45) is 0.632. The second-order valence-corrected chi connectivity index (χ2v) is 9.55. The van der Waals surface area contributed by atoms with Crippen molar-refractivity contribution in [3.63, 3.8) is 0 Å². The summed E-state index contributed by atoms with van der Waals surface area (Å²) < 4.78 is 23.1. The third-order valence-corrected chi connectivity index (χ3v) is 7.59. The van der Waals surface area contributed by atoms with Gasteiger partial charge in [-0.3, -0.25) is 0 Å². The van der Waals surface area contributed by atoms with Crippen LogP contribution in [-0.4, -0.2) is 42.7 Å². The zero-order valence-corrected chi connectivity index (χ0v) is 17.5. The zero-order valence-electron chi connectivity index (χ0n) is 12.2. The summed E-state index contributed by atoms with van der Waals surface area (Å²) in [6, 6.07) is 6.29. The maximum Gasteiger partial charge on any atom is 0.500 e. The van der Waals surface area contributed by atoms with Crippen LogP contribution in [-0.2, 0) is 18.0 Å². The Balaban J connectivity index is 2.51. The van der Waals surface area contributed by atoms with E-state index in [1.807, 2.05) is 18.2 Å². The Bertz CT molecular complexity index is 451. The van der Waals surface area contributed by atoms with Gasteiger partial charge in [-0.2, -0.15) is 0 Å². The van der Waals surface area contributed by atoms with Crippen molar-refractivity contribution < 1.29 is 22.8 Å². The molecular formula is C13H18I2O5Si. The van der Waals surface area contributed by atoms with Gasteiger partial charge in [0.1, 0.15) is 0 Å². The van der Waals surface area contributed by atoms with E-state index >= 15 is 0 Å². The van der Waals surface area contributed by atoms with Crippen molar-refractivity contribution in [1.82, 2.24) is 0 Å². The normalized spacial score (nSPS) is 11.5. The van der Waals surface area contributed by atoms with E-state index in [0.29, 0.717) is 24.6 Å². The van der Waals surface area contributed by atoms with Gasteiger partial charge in [-0.15, -0.1) is 0 Å². The summed E-state index contributed by atoms with van der Waals surface area (Å²) in [7, 11) is 2.12. The van der Waals surface area contributed by atoms with Gasteiger partial charge in [0.05, 0.1) is 12.2 Å². The topological polar surface area (TPSA) is 54.0 Å². The van der Waals surface area contributed by atoms with Gasteiger partial charge in [-0.1, -0.05) is 6.07 Å². The SMILES string of the molecule is CO[Si](CCCOC(=O)c1c(I)cccc1I)(OC)OC. The number of hydrogen-bond acceptors (Lipinski definition) is 5. The fourth-order valence-corrected chi connectivity index (χ4v) is 5.42. The summed E-state index contributed by atoms with van der Waals surface area (Å²) in [5, 5.41) is 0. The summed E-state index contributed by atoms with van der Waals surface area (Å²) in [5.41, 5.74) is 0.618. The molecule has 0 N–H and O–H groups in total. The van der Waals surface area contributed by atoms with Crippen molar-refractivity contribution in [3.05, 3.63) is 30.9 Å². The lowest BCUT2D eigenvalue weighted by molar-refractivity contribution is 0.0490. The molecule has 0 fully saturated rings. The third kappa shape index (κ3) is 5.43. The molecule has 0 radical (unpaired) electrons. The van der Waals surface area contributed by atoms with Crippen LogP contribution in [0.2, 0.25) is 6.04 Å². The van der Waals surface area contributed by atoms with Crippen molar-refractivity contribution >= 4 is 60.0 Å². The van der Waals surface area contributed by atoms with Crippen molar-refractivity contribution in [2.75, 3.05) is 27.9 Å². The van der Waals surface area contributed by atoms with Gasteiger partial charge in [0, 0.05) is 34.5 Å². The smallest absolute Gasteiger partial charge is 0.462 e. The molecule has 5 nitrogen and oxygen atoms in total. The first-order chi connectivity index (χ1) is 9.99. The van der Waals surface area contributed by atoms with Crippen LogP contribution in [0.5, 0.6) is 0 Å². The molecule has 1 aromatic rings. The van der Waals surface area contributed by atoms with E-state index in [1.54, 1.807) is 21.3 Å². The van der Waals surface area contributed by atoms with Gasteiger partial charge in [0.25, 0.3) is 0 Å². The number of esters is 1. The quantitative estimate of drug-likeness (QED) is 0.221. The maximum absolute atomic E-state index is 12.1. The lowest BCUT2D eigenvalue weighted by Crippen LogP contribution is -2.42. The Morgan fingerprint density at radius 1 is 1.10 bits per heavy atom.